The number of amides is 2. The highest BCUT2D eigenvalue weighted by molar-refractivity contribution is 6.01. The van der Waals surface area contributed by atoms with Gasteiger partial charge in [-0.1, -0.05) is 13.0 Å². The molecule has 5 nitrogen and oxygen atoms in total. The Labute approximate surface area is 125 Å². The predicted octanol–water partition coefficient (Wildman–Crippen LogP) is 1.83. The SMILES string of the molecule is CCCNc1cc(C)ccc1C(=O)NCC(=O)NC1CC1. The van der Waals surface area contributed by atoms with Crippen molar-refractivity contribution in [3.05, 3.63) is 29.3 Å². The van der Waals surface area contributed by atoms with Gasteiger partial charge in [-0.2, -0.15) is 0 Å². The number of anilines is 1. The zero-order valence-electron chi connectivity index (χ0n) is 12.7. The van der Waals surface area contributed by atoms with Crippen molar-refractivity contribution in [2.75, 3.05) is 18.4 Å². The number of carbonyl (C=O) groups is 2. The molecule has 0 atom stereocenters. The van der Waals surface area contributed by atoms with Crippen LogP contribution < -0.4 is 16.0 Å². The molecule has 0 radical (unpaired) electrons. The van der Waals surface area contributed by atoms with Gasteiger partial charge < -0.3 is 16.0 Å². The van der Waals surface area contributed by atoms with E-state index in [2.05, 4.69) is 22.9 Å². The van der Waals surface area contributed by atoms with Crippen molar-refractivity contribution in [3.8, 4) is 0 Å². The van der Waals surface area contributed by atoms with Crippen LogP contribution in [0.25, 0.3) is 0 Å². The summed E-state index contributed by atoms with van der Waals surface area (Å²) in [7, 11) is 0. The van der Waals surface area contributed by atoms with Gasteiger partial charge in [-0.25, -0.2) is 0 Å². The summed E-state index contributed by atoms with van der Waals surface area (Å²) in [5.41, 5.74) is 2.49. The predicted molar refractivity (Wildman–Crippen MR) is 83.5 cm³/mol. The minimum atomic E-state index is -0.223. The van der Waals surface area contributed by atoms with Crippen LogP contribution in [0.4, 0.5) is 5.69 Å². The number of rotatable bonds is 7. The van der Waals surface area contributed by atoms with Crippen LogP contribution in [0.5, 0.6) is 0 Å². The van der Waals surface area contributed by atoms with Crippen LogP contribution in [0.3, 0.4) is 0 Å². The molecule has 2 rings (SSSR count). The van der Waals surface area contributed by atoms with E-state index in [-0.39, 0.29) is 18.4 Å². The molecule has 0 aromatic heterocycles. The second-order valence-corrected chi connectivity index (χ2v) is 5.50. The van der Waals surface area contributed by atoms with Crippen LogP contribution in [-0.2, 0) is 4.79 Å². The molecule has 1 fully saturated rings. The van der Waals surface area contributed by atoms with Gasteiger partial charge in [0.15, 0.2) is 0 Å². The molecule has 0 unspecified atom stereocenters. The first kappa shape index (κ1) is 15.4. The lowest BCUT2D eigenvalue weighted by Crippen LogP contribution is -2.38. The highest BCUT2D eigenvalue weighted by Crippen LogP contribution is 2.19. The Morgan fingerprint density at radius 3 is 2.71 bits per heavy atom. The molecular weight excluding hydrogens is 266 g/mol. The third-order valence-electron chi connectivity index (χ3n) is 3.34. The summed E-state index contributed by atoms with van der Waals surface area (Å²) in [4.78, 5) is 23.8. The van der Waals surface area contributed by atoms with E-state index in [0.29, 0.717) is 11.6 Å². The second kappa shape index (κ2) is 7.11. The Kier molecular flexibility index (Phi) is 5.20. The number of aryl methyl sites for hydroxylation is 1. The van der Waals surface area contributed by atoms with E-state index in [1.165, 1.54) is 0 Å². The second-order valence-electron chi connectivity index (χ2n) is 5.50. The largest absolute Gasteiger partial charge is 0.384 e. The molecule has 0 saturated heterocycles. The summed E-state index contributed by atoms with van der Waals surface area (Å²) in [6.45, 7) is 4.90. The average molecular weight is 289 g/mol. The standard InChI is InChI=1S/C16H23N3O2/c1-3-8-17-14-9-11(2)4-7-13(14)16(21)18-10-15(20)19-12-5-6-12/h4,7,9,12,17H,3,5-6,8,10H2,1-2H3,(H,18,21)(H,19,20). The van der Waals surface area contributed by atoms with Gasteiger partial charge in [-0.05, 0) is 43.9 Å². The van der Waals surface area contributed by atoms with E-state index < -0.39 is 0 Å². The molecule has 0 spiro atoms. The summed E-state index contributed by atoms with van der Waals surface area (Å²) in [6.07, 6.45) is 3.07. The van der Waals surface area contributed by atoms with Gasteiger partial charge in [0.05, 0.1) is 12.1 Å². The summed E-state index contributed by atoms with van der Waals surface area (Å²) in [6, 6.07) is 5.96. The maximum absolute atomic E-state index is 12.2. The fraction of sp³-hybridized carbons (Fsp3) is 0.500. The molecule has 0 bridgehead atoms. The van der Waals surface area contributed by atoms with Crippen molar-refractivity contribution >= 4 is 17.5 Å². The van der Waals surface area contributed by atoms with Crippen LogP contribution in [0.2, 0.25) is 0 Å². The highest BCUT2D eigenvalue weighted by Gasteiger charge is 2.23. The first-order valence-corrected chi connectivity index (χ1v) is 7.52. The van der Waals surface area contributed by atoms with E-state index in [1.807, 2.05) is 19.1 Å². The van der Waals surface area contributed by atoms with Crippen LogP contribution >= 0.6 is 0 Å². The highest BCUT2D eigenvalue weighted by atomic mass is 16.2. The van der Waals surface area contributed by atoms with Crippen molar-refractivity contribution in [1.82, 2.24) is 10.6 Å². The van der Waals surface area contributed by atoms with Gasteiger partial charge in [0, 0.05) is 18.3 Å². The number of hydrogen-bond donors (Lipinski definition) is 3. The summed E-state index contributed by atoms with van der Waals surface area (Å²) < 4.78 is 0. The lowest BCUT2D eigenvalue weighted by atomic mass is 10.1. The topological polar surface area (TPSA) is 70.2 Å². The Balaban J connectivity index is 1.94. The van der Waals surface area contributed by atoms with Crippen molar-refractivity contribution in [3.63, 3.8) is 0 Å². The summed E-state index contributed by atoms with van der Waals surface area (Å²) in [5.74, 6) is -0.347. The van der Waals surface area contributed by atoms with E-state index >= 15 is 0 Å². The molecule has 1 aliphatic carbocycles. The van der Waals surface area contributed by atoms with Gasteiger partial charge in [-0.3, -0.25) is 9.59 Å². The third kappa shape index (κ3) is 4.77. The number of carbonyl (C=O) groups excluding carboxylic acids is 2. The summed E-state index contributed by atoms with van der Waals surface area (Å²) >= 11 is 0. The van der Waals surface area contributed by atoms with E-state index in [4.69, 9.17) is 0 Å². The third-order valence-corrected chi connectivity index (χ3v) is 3.34. The smallest absolute Gasteiger partial charge is 0.253 e. The average Bonchev–Trinajstić information content (AvgIpc) is 3.26. The van der Waals surface area contributed by atoms with Gasteiger partial charge in [0.25, 0.3) is 5.91 Å². The Morgan fingerprint density at radius 2 is 2.05 bits per heavy atom. The molecule has 5 heteroatoms. The van der Waals surface area contributed by atoms with Crippen molar-refractivity contribution in [1.29, 1.82) is 0 Å². The molecule has 1 aromatic rings. The fourth-order valence-electron chi connectivity index (χ4n) is 2.02. The molecule has 0 aliphatic heterocycles. The van der Waals surface area contributed by atoms with Gasteiger partial charge >= 0.3 is 0 Å². The molecule has 114 valence electrons. The Morgan fingerprint density at radius 1 is 1.29 bits per heavy atom. The first-order chi connectivity index (χ1) is 10.1. The minimum absolute atomic E-state index is 0.0242. The quantitative estimate of drug-likeness (QED) is 0.717. The van der Waals surface area contributed by atoms with Gasteiger partial charge in [0.1, 0.15) is 0 Å². The van der Waals surface area contributed by atoms with Crippen LogP contribution in [-0.4, -0.2) is 30.9 Å². The van der Waals surface area contributed by atoms with Gasteiger partial charge in [0.2, 0.25) is 5.91 Å². The van der Waals surface area contributed by atoms with Gasteiger partial charge in [-0.15, -0.1) is 0 Å². The van der Waals surface area contributed by atoms with Crippen LogP contribution in [0.1, 0.15) is 42.1 Å². The van der Waals surface area contributed by atoms with Crippen LogP contribution in [0, 0.1) is 6.92 Å². The van der Waals surface area contributed by atoms with E-state index in [9.17, 15) is 9.59 Å². The van der Waals surface area contributed by atoms with Crippen molar-refractivity contribution in [2.45, 2.75) is 39.2 Å². The fourth-order valence-corrected chi connectivity index (χ4v) is 2.02. The summed E-state index contributed by atoms with van der Waals surface area (Å²) in [5, 5.41) is 8.78. The molecule has 0 heterocycles. The molecule has 21 heavy (non-hydrogen) atoms. The van der Waals surface area contributed by atoms with Crippen LogP contribution in [0.15, 0.2) is 18.2 Å². The molecule has 1 saturated carbocycles. The first-order valence-electron chi connectivity index (χ1n) is 7.52. The number of benzene rings is 1. The minimum Gasteiger partial charge on any atom is -0.384 e. The van der Waals surface area contributed by atoms with Crippen molar-refractivity contribution in [2.24, 2.45) is 0 Å². The maximum Gasteiger partial charge on any atom is 0.253 e. The van der Waals surface area contributed by atoms with Crippen molar-refractivity contribution < 1.29 is 9.59 Å². The molecular formula is C16H23N3O2. The molecule has 2 amide bonds. The van der Waals surface area contributed by atoms with E-state index in [0.717, 1.165) is 37.1 Å². The Hall–Kier alpha value is -2.04. The normalized spacial score (nSPS) is 13.6. The monoisotopic (exact) mass is 289 g/mol. The number of hydrogen-bond acceptors (Lipinski definition) is 3. The zero-order chi connectivity index (χ0) is 15.2. The molecule has 1 aromatic carbocycles. The zero-order valence-corrected chi connectivity index (χ0v) is 12.7. The molecule has 3 N–H and O–H groups in total. The van der Waals surface area contributed by atoms with E-state index in [1.54, 1.807) is 6.07 Å². The maximum atomic E-state index is 12.2. The number of nitrogens with one attached hydrogen (secondary N) is 3. The lowest BCUT2D eigenvalue weighted by Gasteiger charge is -2.12. The Bertz CT molecular complexity index is 524. The molecule has 1 aliphatic rings. The lowest BCUT2D eigenvalue weighted by molar-refractivity contribution is -0.120.